The summed E-state index contributed by atoms with van der Waals surface area (Å²) in [5.74, 6) is 0.909. The second-order valence-electron chi connectivity index (χ2n) is 5.11. The zero-order valence-electron chi connectivity index (χ0n) is 13.7. The molecule has 0 spiro atoms. The highest BCUT2D eigenvalue weighted by molar-refractivity contribution is 5.80. The van der Waals surface area contributed by atoms with E-state index in [9.17, 15) is 4.39 Å². The van der Waals surface area contributed by atoms with Gasteiger partial charge in [0.05, 0.1) is 13.2 Å². The molecule has 1 rings (SSSR count). The standard InChI is InChI=1S/C16H26FN3O2/c1-5-18-16(20-12(2)11-21-4)19-10-13(3)22-15-8-6-7-14(17)9-15/h6-9,12-13H,5,10-11H2,1-4H3,(H2,18,19,20). The van der Waals surface area contributed by atoms with E-state index >= 15 is 0 Å². The number of methoxy groups -OCH3 is 1. The molecule has 1 aromatic carbocycles. The van der Waals surface area contributed by atoms with Crippen molar-refractivity contribution < 1.29 is 13.9 Å². The third-order valence-electron chi connectivity index (χ3n) is 2.78. The minimum atomic E-state index is -0.309. The molecule has 1 aromatic rings. The maximum atomic E-state index is 13.1. The van der Waals surface area contributed by atoms with Crippen molar-refractivity contribution in [1.82, 2.24) is 10.6 Å². The first-order valence-electron chi connectivity index (χ1n) is 7.51. The van der Waals surface area contributed by atoms with E-state index in [2.05, 4.69) is 15.6 Å². The summed E-state index contributed by atoms with van der Waals surface area (Å²) in [4.78, 5) is 4.47. The number of benzene rings is 1. The molecule has 2 unspecified atom stereocenters. The van der Waals surface area contributed by atoms with Crippen LogP contribution in [0.2, 0.25) is 0 Å². The number of halogens is 1. The van der Waals surface area contributed by atoms with Crippen LogP contribution in [-0.2, 0) is 4.74 Å². The van der Waals surface area contributed by atoms with Gasteiger partial charge in [-0.25, -0.2) is 9.38 Å². The zero-order valence-corrected chi connectivity index (χ0v) is 13.7. The zero-order chi connectivity index (χ0) is 16.4. The first-order valence-corrected chi connectivity index (χ1v) is 7.51. The van der Waals surface area contributed by atoms with Crippen LogP contribution in [0.15, 0.2) is 29.3 Å². The van der Waals surface area contributed by atoms with Gasteiger partial charge >= 0.3 is 0 Å². The summed E-state index contributed by atoms with van der Waals surface area (Å²) in [5.41, 5.74) is 0. The fourth-order valence-electron chi connectivity index (χ4n) is 1.87. The Kier molecular flexibility index (Phi) is 8.28. The molecule has 22 heavy (non-hydrogen) atoms. The maximum absolute atomic E-state index is 13.1. The van der Waals surface area contributed by atoms with Crippen LogP contribution in [0.4, 0.5) is 4.39 Å². The molecule has 2 atom stereocenters. The lowest BCUT2D eigenvalue weighted by Gasteiger charge is -2.18. The molecule has 0 aliphatic heterocycles. The SMILES string of the molecule is CCNC(=NCC(C)Oc1cccc(F)c1)NC(C)COC. The fourth-order valence-corrected chi connectivity index (χ4v) is 1.87. The molecule has 0 bridgehead atoms. The normalized spacial score (nSPS) is 14.3. The summed E-state index contributed by atoms with van der Waals surface area (Å²) in [5, 5.41) is 6.41. The molecule has 0 aliphatic rings. The molecule has 5 nitrogen and oxygen atoms in total. The Morgan fingerprint density at radius 1 is 1.36 bits per heavy atom. The third-order valence-corrected chi connectivity index (χ3v) is 2.78. The van der Waals surface area contributed by atoms with E-state index in [-0.39, 0.29) is 18.0 Å². The van der Waals surface area contributed by atoms with Crippen LogP contribution in [0.25, 0.3) is 0 Å². The average Bonchev–Trinajstić information content (AvgIpc) is 2.45. The molecular formula is C16H26FN3O2. The number of hydrogen-bond acceptors (Lipinski definition) is 3. The van der Waals surface area contributed by atoms with E-state index in [4.69, 9.17) is 9.47 Å². The number of nitrogens with zero attached hydrogens (tertiary/aromatic N) is 1. The first kappa shape index (κ1) is 18.2. The summed E-state index contributed by atoms with van der Waals surface area (Å²) >= 11 is 0. The van der Waals surface area contributed by atoms with Crippen LogP contribution >= 0.6 is 0 Å². The Bertz CT molecular complexity index is 468. The Morgan fingerprint density at radius 2 is 2.14 bits per heavy atom. The molecule has 0 fully saturated rings. The number of nitrogens with one attached hydrogen (secondary N) is 2. The second kappa shape index (κ2) is 10.00. The van der Waals surface area contributed by atoms with E-state index in [1.54, 1.807) is 19.2 Å². The van der Waals surface area contributed by atoms with Gasteiger partial charge in [-0.3, -0.25) is 0 Å². The molecular weight excluding hydrogens is 285 g/mol. The summed E-state index contributed by atoms with van der Waals surface area (Å²) < 4.78 is 23.9. The largest absolute Gasteiger partial charge is 0.489 e. The van der Waals surface area contributed by atoms with Gasteiger partial charge in [0.2, 0.25) is 0 Å². The lowest BCUT2D eigenvalue weighted by Crippen LogP contribution is -2.44. The average molecular weight is 311 g/mol. The minimum Gasteiger partial charge on any atom is -0.489 e. The molecule has 0 saturated carbocycles. The predicted octanol–water partition coefficient (Wildman–Crippen LogP) is 2.18. The van der Waals surface area contributed by atoms with Crippen LogP contribution in [0.1, 0.15) is 20.8 Å². The van der Waals surface area contributed by atoms with E-state index in [1.165, 1.54) is 12.1 Å². The highest BCUT2D eigenvalue weighted by Crippen LogP contribution is 2.13. The summed E-state index contributed by atoms with van der Waals surface area (Å²) in [6.07, 6.45) is -0.157. The smallest absolute Gasteiger partial charge is 0.191 e. The number of hydrogen-bond donors (Lipinski definition) is 2. The number of rotatable bonds is 8. The Balaban J connectivity index is 2.53. The molecule has 0 aliphatic carbocycles. The predicted molar refractivity (Wildman–Crippen MR) is 86.9 cm³/mol. The van der Waals surface area contributed by atoms with Crippen molar-refractivity contribution in [2.75, 3.05) is 26.8 Å². The van der Waals surface area contributed by atoms with Crippen LogP contribution < -0.4 is 15.4 Å². The quantitative estimate of drug-likeness (QED) is 0.571. The highest BCUT2D eigenvalue weighted by Gasteiger charge is 2.07. The van der Waals surface area contributed by atoms with Crippen LogP contribution in [-0.4, -0.2) is 44.9 Å². The molecule has 6 heteroatoms. The topological polar surface area (TPSA) is 54.9 Å². The van der Waals surface area contributed by atoms with E-state index in [0.29, 0.717) is 24.9 Å². The lowest BCUT2D eigenvalue weighted by molar-refractivity contribution is 0.179. The molecule has 0 radical (unpaired) electrons. The molecule has 0 heterocycles. The summed E-state index contributed by atoms with van der Waals surface area (Å²) in [7, 11) is 1.66. The van der Waals surface area contributed by atoms with Crippen LogP contribution in [0.3, 0.4) is 0 Å². The monoisotopic (exact) mass is 311 g/mol. The minimum absolute atomic E-state index is 0.155. The van der Waals surface area contributed by atoms with Crippen molar-refractivity contribution in [1.29, 1.82) is 0 Å². The van der Waals surface area contributed by atoms with Gasteiger partial charge in [0, 0.05) is 25.8 Å². The first-order chi connectivity index (χ1) is 10.5. The molecule has 0 saturated heterocycles. The second-order valence-corrected chi connectivity index (χ2v) is 5.11. The molecule has 2 N–H and O–H groups in total. The van der Waals surface area contributed by atoms with E-state index in [1.807, 2.05) is 20.8 Å². The van der Waals surface area contributed by atoms with E-state index < -0.39 is 0 Å². The number of aliphatic imine (C=N–C) groups is 1. The van der Waals surface area contributed by atoms with Gasteiger partial charge in [-0.05, 0) is 32.9 Å². The van der Waals surface area contributed by atoms with Crippen molar-refractivity contribution in [3.8, 4) is 5.75 Å². The Morgan fingerprint density at radius 3 is 2.77 bits per heavy atom. The third kappa shape index (κ3) is 7.26. The van der Waals surface area contributed by atoms with Crippen molar-refractivity contribution in [2.24, 2.45) is 4.99 Å². The van der Waals surface area contributed by atoms with Gasteiger partial charge in [-0.15, -0.1) is 0 Å². The molecule has 0 amide bonds. The van der Waals surface area contributed by atoms with Crippen molar-refractivity contribution in [3.05, 3.63) is 30.1 Å². The maximum Gasteiger partial charge on any atom is 0.191 e. The van der Waals surface area contributed by atoms with Gasteiger partial charge in [0.25, 0.3) is 0 Å². The van der Waals surface area contributed by atoms with Crippen molar-refractivity contribution >= 4 is 5.96 Å². The van der Waals surface area contributed by atoms with Gasteiger partial charge in [0.15, 0.2) is 5.96 Å². The lowest BCUT2D eigenvalue weighted by atomic mass is 10.3. The van der Waals surface area contributed by atoms with Gasteiger partial charge in [-0.2, -0.15) is 0 Å². The van der Waals surface area contributed by atoms with Crippen molar-refractivity contribution in [2.45, 2.75) is 32.9 Å². The number of guanidine groups is 1. The van der Waals surface area contributed by atoms with Crippen LogP contribution in [0.5, 0.6) is 5.75 Å². The molecule has 0 aromatic heterocycles. The Labute approximate surface area is 131 Å². The number of ether oxygens (including phenoxy) is 2. The Hall–Kier alpha value is -1.82. The summed E-state index contributed by atoms with van der Waals surface area (Å²) in [6.45, 7) is 7.75. The highest BCUT2D eigenvalue weighted by atomic mass is 19.1. The van der Waals surface area contributed by atoms with Gasteiger partial charge in [0.1, 0.15) is 17.7 Å². The molecule has 124 valence electrons. The van der Waals surface area contributed by atoms with E-state index in [0.717, 1.165) is 6.54 Å². The van der Waals surface area contributed by atoms with Crippen LogP contribution in [0, 0.1) is 5.82 Å². The summed E-state index contributed by atoms with van der Waals surface area (Å²) in [6, 6.07) is 6.26. The fraction of sp³-hybridized carbons (Fsp3) is 0.562. The van der Waals surface area contributed by atoms with Crippen molar-refractivity contribution in [3.63, 3.8) is 0 Å². The van der Waals surface area contributed by atoms with Gasteiger partial charge < -0.3 is 20.1 Å². The van der Waals surface area contributed by atoms with Gasteiger partial charge in [-0.1, -0.05) is 6.07 Å².